The van der Waals surface area contributed by atoms with Crippen LogP contribution >= 0.6 is 0 Å². The summed E-state index contributed by atoms with van der Waals surface area (Å²) >= 11 is 0. The molecule has 4 heterocycles. The van der Waals surface area contributed by atoms with E-state index in [0.717, 1.165) is 58.6 Å². The lowest BCUT2D eigenvalue weighted by molar-refractivity contribution is -0.153. The number of carboxylic acids is 1. The number of hydrogen-bond donors (Lipinski definition) is 3. The summed E-state index contributed by atoms with van der Waals surface area (Å²) in [6, 6.07) is 14.0. The van der Waals surface area contributed by atoms with Crippen LogP contribution in [0.25, 0.3) is 22.3 Å². The van der Waals surface area contributed by atoms with E-state index in [-0.39, 0.29) is 25.4 Å². The maximum absolute atomic E-state index is 13.6. The van der Waals surface area contributed by atoms with E-state index < -0.39 is 23.8 Å². The van der Waals surface area contributed by atoms with Gasteiger partial charge in [-0.3, -0.25) is 14.4 Å². The van der Waals surface area contributed by atoms with Crippen molar-refractivity contribution in [2.45, 2.75) is 70.8 Å². The van der Waals surface area contributed by atoms with Gasteiger partial charge in [0.25, 0.3) is 5.91 Å². The number of rotatable bonds is 12. The maximum atomic E-state index is 13.6. The molecule has 2 aromatic carbocycles. The molecule has 0 radical (unpaired) electrons. The zero-order valence-corrected chi connectivity index (χ0v) is 30.2. The highest BCUT2D eigenvalue weighted by Crippen LogP contribution is 2.39. The van der Waals surface area contributed by atoms with Crippen molar-refractivity contribution < 1.29 is 24.2 Å². The van der Waals surface area contributed by atoms with Crippen molar-refractivity contribution in [2.75, 3.05) is 38.2 Å². The summed E-state index contributed by atoms with van der Waals surface area (Å²) < 4.78 is 5.30. The average Bonchev–Trinajstić information content (AvgIpc) is 3.59. The number of carboxylic acid groups (broad SMARTS) is 1. The highest BCUT2D eigenvalue weighted by Gasteiger charge is 2.39. The Balaban J connectivity index is 0.973. The van der Waals surface area contributed by atoms with Gasteiger partial charge in [-0.25, -0.2) is 9.97 Å². The average molecular weight is 707 g/mol. The van der Waals surface area contributed by atoms with Crippen molar-refractivity contribution in [1.29, 1.82) is 0 Å². The summed E-state index contributed by atoms with van der Waals surface area (Å²) in [6.07, 6.45) is 14.9. The minimum Gasteiger partial charge on any atom is -0.497 e. The number of carbonyl (C=O) groups is 3. The van der Waals surface area contributed by atoms with Crippen molar-refractivity contribution in [3.05, 3.63) is 72.2 Å². The van der Waals surface area contributed by atoms with Crippen LogP contribution in [-0.4, -0.2) is 82.1 Å². The van der Waals surface area contributed by atoms with Crippen LogP contribution in [0.5, 0.6) is 5.75 Å². The first-order chi connectivity index (χ1) is 25.3. The SMILES string of the molecule is CCCC1CCC(C2CCN(c3cnc(-c4ccc(C[C@H](NC(=O)c5cc6cc(OC)ccc6[nH]5)C(=O)N5CC(C(=O)O)C5)cc4)nc3)CC2)CC1. The van der Waals surface area contributed by atoms with E-state index in [9.17, 15) is 19.5 Å². The Morgan fingerprint density at radius 1 is 0.942 bits per heavy atom. The highest BCUT2D eigenvalue weighted by atomic mass is 16.5. The fourth-order valence-corrected chi connectivity index (χ4v) is 8.48. The van der Waals surface area contributed by atoms with Gasteiger partial charge in [-0.15, -0.1) is 0 Å². The molecule has 0 bridgehead atoms. The third-order valence-electron chi connectivity index (χ3n) is 11.7. The topological polar surface area (TPSA) is 141 Å². The predicted molar refractivity (Wildman–Crippen MR) is 200 cm³/mol. The minimum absolute atomic E-state index is 0.122. The lowest BCUT2D eigenvalue weighted by atomic mass is 9.72. The number of benzene rings is 2. The quantitative estimate of drug-likeness (QED) is 0.155. The fourth-order valence-electron chi connectivity index (χ4n) is 8.48. The van der Waals surface area contributed by atoms with Gasteiger partial charge in [-0.2, -0.15) is 0 Å². The first kappa shape index (κ1) is 35.5. The summed E-state index contributed by atoms with van der Waals surface area (Å²) in [5, 5.41) is 13.1. The molecule has 11 nitrogen and oxygen atoms in total. The molecule has 3 fully saturated rings. The zero-order valence-electron chi connectivity index (χ0n) is 30.2. The number of likely N-dealkylation sites (tertiary alicyclic amines) is 1. The standard InChI is InChI=1S/C41H50N6O5/c1-3-4-26-5-9-28(10-6-26)29-15-17-46(18-16-29)33-22-42-38(43-23-33)30-11-7-27(8-12-30)19-37(40(49)47-24-32(25-47)41(50)51)45-39(48)36-21-31-20-34(52-2)13-14-35(31)44-36/h7-8,11-14,20-23,26,28-29,32,37,44H,3-6,9-10,15-19,24-25H2,1-2H3,(H,45,48)(H,50,51)/t26?,28?,37-/m0/s1. The minimum atomic E-state index is -0.927. The predicted octanol–water partition coefficient (Wildman–Crippen LogP) is 6.34. The van der Waals surface area contributed by atoms with Crippen molar-refractivity contribution >= 4 is 34.4 Å². The number of piperidine rings is 1. The third kappa shape index (κ3) is 7.93. The molecular weight excluding hydrogens is 656 g/mol. The summed E-state index contributed by atoms with van der Waals surface area (Å²) in [6.45, 7) is 4.66. The van der Waals surface area contributed by atoms with Crippen LogP contribution in [0.3, 0.4) is 0 Å². The van der Waals surface area contributed by atoms with E-state index >= 15 is 0 Å². The molecule has 0 unspecified atom stereocenters. The Labute approximate surface area is 305 Å². The first-order valence-electron chi connectivity index (χ1n) is 18.9. The Morgan fingerprint density at radius 2 is 1.63 bits per heavy atom. The van der Waals surface area contributed by atoms with Gasteiger partial charge in [0.1, 0.15) is 17.5 Å². The van der Waals surface area contributed by atoms with Gasteiger partial charge in [0, 0.05) is 49.1 Å². The summed E-state index contributed by atoms with van der Waals surface area (Å²) in [5.41, 5.74) is 3.86. The van der Waals surface area contributed by atoms with Crippen molar-refractivity contribution in [3.63, 3.8) is 0 Å². The number of hydrogen-bond acceptors (Lipinski definition) is 7. The molecule has 1 atom stereocenters. The molecule has 274 valence electrons. The number of nitrogens with zero attached hydrogens (tertiary/aromatic N) is 4. The second kappa shape index (κ2) is 15.8. The van der Waals surface area contributed by atoms with Gasteiger partial charge in [0.15, 0.2) is 5.82 Å². The molecule has 2 aliphatic heterocycles. The summed E-state index contributed by atoms with van der Waals surface area (Å²) in [4.78, 5) is 54.8. The molecule has 7 rings (SSSR count). The van der Waals surface area contributed by atoms with Crippen LogP contribution in [0.4, 0.5) is 5.69 Å². The first-order valence-corrected chi connectivity index (χ1v) is 18.9. The molecule has 2 amide bonds. The maximum Gasteiger partial charge on any atom is 0.310 e. The van der Waals surface area contributed by atoms with E-state index in [1.54, 1.807) is 19.2 Å². The lowest BCUT2D eigenvalue weighted by Gasteiger charge is -2.39. The number of nitrogens with one attached hydrogen (secondary N) is 2. The van der Waals surface area contributed by atoms with Crippen LogP contribution in [0.2, 0.25) is 0 Å². The molecule has 2 saturated heterocycles. The Kier molecular flexibility index (Phi) is 10.7. The molecule has 3 N–H and O–H groups in total. The Morgan fingerprint density at radius 3 is 2.29 bits per heavy atom. The molecule has 11 heteroatoms. The molecule has 1 aliphatic carbocycles. The number of H-pyrrole nitrogens is 1. The number of amides is 2. The summed E-state index contributed by atoms with van der Waals surface area (Å²) in [5.74, 6) is 1.73. The smallest absolute Gasteiger partial charge is 0.310 e. The largest absolute Gasteiger partial charge is 0.497 e. The zero-order chi connectivity index (χ0) is 36.2. The molecular formula is C41H50N6O5. The van der Waals surface area contributed by atoms with Crippen LogP contribution in [-0.2, 0) is 16.0 Å². The van der Waals surface area contributed by atoms with Gasteiger partial charge in [-0.05, 0) is 73.3 Å². The summed E-state index contributed by atoms with van der Waals surface area (Å²) in [7, 11) is 1.58. The number of aliphatic carboxylic acids is 1. The van der Waals surface area contributed by atoms with Gasteiger partial charge in [0.05, 0.1) is 31.1 Å². The number of carbonyl (C=O) groups excluding carboxylic acids is 2. The Bertz CT molecular complexity index is 1850. The van der Waals surface area contributed by atoms with Crippen LogP contribution in [0.1, 0.15) is 74.3 Å². The van der Waals surface area contributed by atoms with E-state index in [0.29, 0.717) is 17.3 Å². The van der Waals surface area contributed by atoms with Crippen molar-refractivity contribution in [1.82, 2.24) is 25.2 Å². The number of ether oxygens (including phenoxy) is 1. The van der Waals surface area contributed by atoms with Gasteiger partial charge < -0.3 is 29.9 Å². The van der Waals surface area contributed by atoms with Crippen LogP contribution < -0.4 is 15.0 Å². The highest BCUT2D eigenvalue weighted by molar-refractivity contribution is 6.00. The van der Waals surface area contributed by atoms with Gasteiger partial charge >= 0.3 is 5.97 Å². The number of anilines is 1. The Hall–Kier alpha value is -4.93. The normalized spacial score (nSPS) is 20.3. The van der Waals surface area contributed by atoms with E-state index in [4.69, 9.17) is 14.7 Å². The van der Waals surface area contributed by atoms with Crippen LogP contribution in [0, 0.1) is 23.7 Å². The molecule has 4 aromatic rings. The van der Waals surface area contributed by atoms with Gasteiger partial charge in [0.2, 0.25) is 5.91 Å². The van der Waals surface area contributed by atoms with E-state index in [1.807, 2.05) is 48.8 Å². The number of aromatic amines is 1. The van der Waals surface area contributed by atoms with Crippen molar-refractivity contribution in [2.24, 2.45) is 23.7 Å². The molecule has 3 aliphatic rings. The van der Waals surface area contributed by atoms with Crippen molar-refractivity contribution in [3.8, 4) is 17.1 Å². The molecule has 2 aromatic heterocycles. The third-order valence-corrected chi connectivity index (χ3v) is 11.7. The molecule has 0 spiro atoms. The fraction of sp³-hybridized carbons (Fsp3) is 0.488. The van der Waals surface area contributed by atoms with E-state index in [1.165, 1.54) is 56.3 Å². The number of fused-ring (bicyclic) bond motifs is 1. The molecule has 1 saturated carbocycles. The second-order valence-corrected chi connectivity index (χ2v) is 15.0. The monoisotopic (exact) mass is 706 g/mol. The number of aromatic nitrogens is 3. The molecule has 52 heavy (non-hydrogen) atoms. The number of methoxy groups -OCH3 is 1. The lowest BCUT2D eigenvalue weighted by Crippen LogP contribution is -2.59. The van der Waals surface area contributed by atoms with Crippen LogP contribution in [0.15, 0.2) is 60.9 Å². The van der Waals surface area contributed by atoms with Gasteiger partial charge in [-0.1, -0.05) is 56.9 Å². The van der Waals surface area contributed by atoms with E-state index in [2.05, 4.69) is 22.1 Å². The second-order valence-electron chi connectivity index (χ2n) is 15.0.